The molecule has 0 amide bonds. The summed E-state index contributed by atoms with van der Waals surface area (Å²) < 4.78 is 13.5. The first-order valence-corrected chi connectivity index (χ1v) is 6.89. The highest BCUT2D eigenvalue weighted by Crippen LogP contribution is 2.16. The molecule has 0 radical (unpaired) electrons. The molecular weight excluding hydrogens is 251 g/mol. The van der Waals surface area contributed by atoms with Crippen LogP contribution in [0.5, 0.6) is 0 Å². The number of likely N-dealkylation sites (N-methyl/N-ethyl adjacent to an activating group) is 1. The number of hydrogen-bond donors (Lipinski definition) is 1. The molecule has 18 heavy (non-hydrogen) atoms. The van der Waals surface area contributed by atoms with Crippen molar-refractivity contribution < 1.29 is 4.39 Å². The van der Waals surface area contributed by atoms with E-state index in [0.29, 0.717) is 23.2 Å². The van der Waals surface area contributed by atoms with Gasteiger partial charge in [-0.1, -0.05) is 18.0 Å². The Morgan fingerprint density at radius 3 is 3.06 bits per heavy atom. The molecule has 0 aromatic heterocycles. The van der Waals surface area contributed by atoms with Crippen molar-refractivity contribution in [2.75, 3.05) is 20.1 Å². The van der Waals surface area contributed by atoms with Gasteiger partial charge in [0.25, 0.3) is 0 Å². The van der Waals surface area contributed by atoms with Crippen LogP contribution in [-0.4, -0.2) is 31.1 Å². The van der Waals surface area contributed by atoms with Crippen LogP contribution < -0.4 is 5.32 Å². The molecule has 4 heteroatoms. The predicted octanol–water partition coefficient (Wildman–Crippen LogP) is 3.05. The van der Waals surface area contributed by atoms with Crippen LogP contribution in [0.15, 0.2) is 18.2 Å². The Morgan fingerprint density at radius 2 is 2.28 bits per heavy atom. The van der Waals surface area contributed by atoms with Gasteiger partial charge >= 0.3 is 0 Å². The smallest absolute Gasteiger partial charge is 0.127 e. The van der Waals surface area contributed by atoms with Crippen molar-refractivity contribution in [2.45, 2.75) is 31.8 Å². The zero-order chi connectivity index (χ0) is 13.0. The molecule has 1 aromatic carbocycles. The highest BCUT2D eigenvalue weighted by Gasteiger charge is 2.18. The molecule has 1 aliphatic rings. The highest BCUT2D eigenvalue weighted by atomic mass is 35.5. The Hall–Kier alpha value is -0.640. The molecule has 0 spiro atoms. The van der Waals surface area contributed by atoms with Crippen molar-refractivity contribution in [1.29, 1.82) is 0 Å². The number of nitrogens with one attached hydrogen (secondary N) is 1. The summed E-state index contributed by atoms with van der Waals surface area (Å²) in [7, 11) is 2.16. The second kappa shape index (κ2) is 6.50. The van der Waals surface area contributed by atoms with E-state index in [1.807, 2.05) is 0 Å². The maximum Gasteiger partial charge on any atom is 0.127 e. The Bertz CT molecular complexity index is 397. The van der Waals surface area contributed by atoms with Gasteiger partial charge in [0.15, 0.2) is 0 Å². The number of nitrogens with zero attached hydrogens (tertiary/aromatic N) is 1. The Kier molecular flexibility index (Phi) is 4.98. The van der Waals surface area contributed by atoms with E-state index in [2.05, 4.69) is 17.3 Å². The summed E-state index contributed by atoms with van der Waals surface area (Å²) >= 11 is 5.86. The van der Waals surface area contributed by atoms with Gasteiger partial charge in [-0.3, -0.25) is 0 Å². The van der Waals surface area contributed by atoms with Crippen LogP contribution in [0, 0.1) is 5.82 Å². The van der Waals surface area contributed by atoms with Gasteiger partial charge < -0.3 is 10.2 Å². The number of rotatable bonds is 4. The molecule has 100 valence electrons. The summed E-state index contributed by atoms with van der Waals surface area (Å²) in [6.45, 7) is 2.61. The quantitative estimate of drug-likeness (QED) is 0.905. The van der Waals surface area contributed by atoms with Crippen LogP contribution >= 0.6 is 11.6 Å². The van der Waals surface area contributed by atoms with Gasteiger partial charge in [-0.05, 0) is 44.6 Å². The van der Waals surface area contributed by atoms with Crippen molar-refractivity contribution in [1.82, 2.24) is 10.2 Å². The third-order valence-electron chi connectivity index (χ3n) is 3.62. The molecule has 0 saturated carbocycles. The van der Waals surface area contributed by atoms with E-state index in [1.165, 1.54) is 25.3 Å². The number of likely N-dealkylation sites (tertiary alicyclic amines) is 1. The Morgan fingerprint density at radius 1 is 1.44 bits per heavy atom. The first-order chi connectivity index (χ1) is 8.66. The van der Waals surface area contributed by atoms with Crippen molar-refractivity contribution in [2.24, 2.45) is 0 Å². The Labute approximate surface area is 113 Å². The average molecular weight is 271 g/mol. The fourth-order valence-electron chi connectivity index (χ4n) is 2.45. The van der Waals surface area contributed by atoms with Crippen LogP contribution in [-0.2, 0) is 6.54 Å². The molecule has 0 aliphatic carbocycles. The molecule has 2 nitrogen and oxygen atoms in total. The lowest BCUT2D eigenvalue weighted by molar-refractivity contribution is 0.181. The fourth-order valence-corrected chi connectivity index (χ4v) is 2.65. The van der Waals surface area contributed by atoms with E-state index in [1.54, 1.807) is 12.1 Å². The lowest BCUT2D eigenvalue weighted by atomic mass is 10.0. The summed E-state index contributed by atoms with van der Waals surface area (Å²) in [4.78, 5) is 2.38. The number of halogens is 2. The summed E-state index contributed by atoms with van der Waals surface area (Å²) in [6.07, 6.45) is 3.81. The summed E-state index contributed by atoms with van der Waals surface area (Å²) in [5.41, 5.74) is 0.640. The van der Waals surface area contributed by atoms with E-state index in [4.69, 9.17) is 11.6 Å². The van der Waals surface area contributed by atoms with Crippen LogP contribution in [0.2, 0.25) is 5.02 Å². The number of piperidine rings is 1. The molecule has 1 fully saturated rings. The zero-order valence-electron chi connectivity index (χ0n) is 10.8. The third-order valence-corrected chi connectivity index (χ3v) is 3.86. The van der Waals surface area contributed by atoms with Crippen LogP contribution in [0.1, 0.15) is 24.8 Å². The fraction of sp³-hybridized carbons (Fsp3) is 0.571. The van der Waals surface area contributed by atoms with Gasteiger partial charge in [0.05, 0.1) is 0 Å². The van der Waals surface area contributed by atoms with Crippen molar-refractivity contribution in [3.63, 3.8) is 0 Å². The van der Waals surface area contributed by atoms with Gasteiger partial charge in [-0.2, -0.15) is 0 Å². The van der Waals surface area contributed by atoms with Crippen molar-refractivity contribution in [3.8, 4) is 0 Å². The molecule has 2 rings (SSSR count). The third kappa shape index (κ3) is 3.67. The molecule has 1 N–H and O–H groups in total. The van der Waals surface area contributed by atoms with Gasteiger partial charge in [-0.15, -0.1) is 0 Å². The molecule has 1 atom stereocenters. The van der Waals surface area contributed by atoms with E-state index in [-0.39, 0.29) is 5.82 Å². The highest BCUT2D eigenvalue weighted by molar-refractivity contribution is 6.30. The standard InChI is InChI=1S/C14H20ClFN2/c1-18-7-3-2-4-13(18)10-17-9-11-8-12(15)5-6-14(11)16/h5-6,8,13,17H,2-4,7,9-10H2,1H3. The molecule has 1 aliphatic heterocycles. The SMILES string of the molecule is CN1CCCCC1CNCc1cc(Cl)ccc1F. The van der Waals surface area contributed by atoms with E-state index in [0.717, 1.165) is 13.1 Å². The molecule has 1 aromatic rings. The number of benzene rings is 1. The van der Waals surface area contributed by atoms with E-state index < -0.39 is 0 Å². The molecule has 0 bridgehead atoms. The normalized spacial score (nSPS) is 21.2. The van der Waals surface area contributed by atoms with Crippen LogP contribution in [0.4, 0.5) is 4.39 Å². The molecule has 1 saturated heterocycles. The van der Waals surface area contributed by atoms with E-state index >= 15 is 0 Å². The maximum atomic E-state index is 13.5. The zero-order valence-corrected chi connectivity index (χ0v) is 11.5. The summed E-state index contributed by atoms with van der Waals surface area (Å²) in [5.74, 6) is -0.191. The van der Waals surface area contributed by atoms with Crippen molar-refractivity contribution >= 4 is 11.6 Å². The molecular formula is C14H20ClFN2. The minimum Gasteiger partial charge on any atom is -0.311 e. The lowest BCUT2D eigenvalue weighted by Crippen LogP contribution is -2.42. The average Bonchev–Trinajstić information content (AvgIpc) is 2.36. The second-order valence-electron chi connectivity index (χ2n) is 5.00. The minimum absolute atomic E-state index is 0.191. The van der Waals surface area contributed by atoms with Gasteiger partial charge in [0, 0.05) is 29.7 Å². The monoisotopic (exact) mass is 270 g/mol. The lowest BCUT2D eigenvalue weighted by Gasteiger charge is -2.32. The topological polar surface area (TPSA) is 15.3 Å². The van der Waals surface area contributed by atoms with Gasteiger partial charge in [0.2, 0.25) is 0 Å². The molecule has 1 unspecified atom stereocenters. The van der Waals surface area contributed by atoms with Crippen LogP contribution in [0.25, 0.3) is 0 Å². The maximum absolute atomic E-state index is 13.5. The van der Waals surface area contributed by atoms with Crippen LogP contribution in [0.3, 0.4) is 0 Å². The van der Waals surface area contributed by atoms with Crippen molar-refractivity contribution in [3.05, 3.63) is 34.6 Å². The summed E-state index contributed by atoms with van der Waals surface area (Å²) in [5, 5.41) is 3.92. The van der Waals surface area contributed by atoms with Gasteiger partial charge in [0.1, 0.15) is 5.82 Å². The second-order valence-corrected chi connectivity index (χ2v) is 5.43. The first kappa shape index (κ1) is 13.8. The Balaban J connectivity index is 1.82. The minimum atomic E-state index is -0.191. The predicted molar refractivity (Wildman–Crippen MR) is 73.4 cm³/mol. The number of hydrogen-bond acceptors (Lipinski definition) is 2. The summed E-state index contributed by atoms with van der Waals surface area (Å²) in [6, 6.07) is 5.26. The first-order valence-electron chi connectivity index (χ1n) is 6.51. The largest absolute Gasteiger partial charge is 0.311 e. The van der Waals surface area contributed by atoms with E-state index in [9.17, 15) is 4.39 Å². The molecule has 1 heterocycles. The van der Waals surface area contributed by atoms with Gasteiger partial charge in [-0.25, -0.2) is 4.39 Å².